The number of nitrogens with one attached hydrogen (secondary N) is 2. The summed E-state index contributed by atoms with van der Waals surface area (Å²) < 4.78 is 11.6. The first kappa shape index (κ1) is 33.5. The van der Waals surface area contributed by atoms with Crippen LogP contribution in [0.15, 0.2) is 12.7 Å². The fourth-order valence-electron chi connectivity index (χ4n) is 3.30. The summed E-state index contributed by atoms with van der Waals surface area (Å²) in [6.07, 6.45) is 9.79. The summed E-state index contributed by atoms with van der Waals surface area (Å²) in [5.41, 5.74) is -0.385. The molecule has 8 nitrogen and oxygen atoms in total. The third-order valence-corrected chi connectivity index (χ3v) is 5.52. The minimum atomic E-state index is -0.944. The van der Waals surface area contributed by atoms with Gasteiger partial charge in [-0.25, -0.2) is 0 Å². The Morgan fingerprint density at radius 1 is 0.857 bits per heavy atom. The van der Waals surface area contributed by atoms with Gasteiger partial charge in [-0.3, -0.25) is 9.59 Å². The van der Waals surface area contributed by atoms with Crippen molar-refractivity contribution in [3.8, 4) is 0 Å². The van der Waals surface area contributed by atoms with E-state index in [1.165, 1.54) is 25.7 Å². The third-order valence-electron chi connectivity index (χ3n) is 5.52. The van der Waals surface area contributed by atoms with E-state index in [9.17, 15) is 14.7 Å². The van der Waals surface area contributed by atoms with Crippen molar-refractivity contribution in [2.45, 2.75) is 91.6 Å². The molecule has 4 N–H and O–H groups in total. The topological polar surface area (TPSA) is 117 Å². The fraction of sp³-hybridized carbons (Fsp3) is 0.852. The lowest BCUT2D eigenvalue weighted by Gasteiger charge is -2.29. The van der Waals surface area contributed by atoms with E-state index in [2.05, 4.69) is 31.1 Å². The maximum atomic E-state index is 12.1. The van der Waals surface area contributed by atoms with Gasteiger partial charge in [0.15, 0.2) is 0 Å². The minimum absolute atomic E-state index is 0.0294. The molecule has 0 bridgehead atoms. The predicted octanol–water partition coefficient (Wildman–Crippen LogP) is 3.35. The average molecular weight is 501 g/mol. The zero-order valence-corrected chi connectivity index (χ0v) is 22.7. The summed E-state index contributed by atoms with van der Waals surface area (Å²) in [4.78, 5) is 23.8. The number of aliphatic hydroxyl groups is 2. The molecular formula is C27H52N2O6. The van der Waals surface area contributed by atoms with Crippen LogP contribution in [0.4, 0.5) is 0 Å². The number of rotatable bonds is 23. The normalized spacial score (nSPS) is 12.9. The highest BCUT2D eigenvalue weighted by molar-refractivity contribution is 5.76. The Hall–Kier alpha value is -1.48. The molecule has 1 atom stereocenters. The van der Waals surface area contributed by atoms with Crippen LogP contribution in [-0.4, -0.2) is 74.3 Å². The molecule has 206 valence electrons. The largest absolute Gasteiger partial charge is 0.394 e. The highest BCUT2D eigenvalue weighted by Gasteiger charge is 2.23. The zero-order valence-electron chi connectivity index (χ0n) is 22.7. The number of ether oxygens (including phenoxy) is 2. The summed E-state index contributed by atoms with van der Waals surface area (Å²) in [7, 11) is 0. The Balaban J connectivity index is 3.89. The second kappa shape index (κ2) is 19.7. The van der Waals surface area contributed by atoms with Crippen molar-refractivity contribution >= 4 is 11.8 Å². The number of hydrogen-bond donors (Lipinski definition) is 4. The van der Waals surface area contributed by atoms with Crippen LogP contribution in [0.25, 0.3) is 0 Å². The van der Waals surface area contributed by atoms with E-state index in [1.807, 2.05) is 19.9 Å². The Morgan fingerprint density at radius 3 is 2.09 bits per heavy atom. The summed E-state index contributed by atoms with van der Waals surface area (Å²) in [6.45, 7) is 13.9. The minimum Gasteiger partial charge on any atom is -0.394 e. The van der Waals surface area contributed by atoms with Crippen molar-refractivity contribution in [1.82, 2.24) is 10.6 Å². The van der Waals surface area contributed by atoms with E-state index in [1.54, 1.807) is 0 Å². The van der Waals surface area contributed by atoms with Crippen molar-refractivity contribution in [2.24, 2.45) is 10.8 Å². The summed E-state index contributed by atoms with van der Waals surface area (Å²) in [5, 5.41) is 23.6. The van der Waals surface area contributed by atoms with Crippen molar-refractivity contribution < 1.29 is 29.3 Å². The number of amides is 2. The first-order chi connectivity index (χ1) is 16.5. The van der Waals surface area contributed by atoms with Crippen LogP contribution in [0.3, 0.4) is 0 Å². The summed E-state index contributed by atoms with van der Waals surface area (Å²) in [5.74, 6) is -0.122. The van der Waals surface area contributed by atoms with Crippen LogP contribution in [0.2, 0.25) is 0 Å². The second-order valence-electron chi connectivity index (χ2n) is 11.0. The molecule has 0 aromatic carbocycles. The maximum Gasteiger partial charge on any atom is 0.222 e. The number of hydrogen-bond acceptors (Lipinski definition) is 6. The van der Waals surface area contributed by atoms with Gasteiger partial charge in [0.2, 0.25) is 11.8 Å². The van der Waals surface area contributed by atoms with Crippen molar-refractivity contribution in [1.29, 1.82) is 0 Å². The number of aliphatic hydroxyl groups excluding tert-OH is 2. The van der Waals surface area contributed by atoms with E-state index < -0.39 is 6.10 Å². The van der Waals surface area contributed by atoms with Crippen LogP contribution in [0.1, 0.15) is 85.5 Å². The second-order valence-corrected chi connectivity index (χ2v) is 11.0. The number of allylic oxidation sites excluding steroid dienone is 1. The van der Waals surface area contributed by atoms with Gasteiger partial charge in [-0.2, -0.15) is 0 Å². The van der Waals surface area contributed by atoms with Crippen LogP contribution in [0.5, 0.6) is 0 Å². The van der Waals surface area contributed by atoms with Gasteiger partial charge in [0.05, 0.1) is 39.1 Å². The van der Waals surface area contributed by atoms with E-state index in [0.29, 0.717) is 32.8 Å². The smallest absolute Gasteiger partial charge is 0.222 e. The number of carbonyl (C=O) groups is 2. The van der Waals surface area contributed by atoms with Crippen molar-refractivity contribution in [3.05, 3.63) is 12.7 Å². The molecule has 0 aliphatic rings. The first-order valence-corrected chi connectivity index (χ1v) is 13.1. The third kappa shape index (κ3) is 21.5. The van der Waals surface area contributed by atoms with E-state index in [-0.39, 0.29) is 48.8 Å². The standard InChI is InChI=1S/C27H52N2O6/c1-6-7-8-9-10-11-12-13-14-24(32)29-19-26(2,3)20-35-22-27(4,5)21-34-16-15-25(33)28-17-23(31)18-30/h6,23,30-31H,1,7-22H2,2-5H3,(H,28,33)(H,29,32). The molecule has 1 unspecified atom stereocenters. The molecule has 0 fully saturated rings. The van der Waals surface area contributed by atoms with Gasteiger partial charge in [0, 0.05) is 36.8 Å². The van der Waals surface area contributed by atoms with Crippen molar-refractivity contribution in [2.75, 3.05) is 46.1 Å². The highest BCUT2D eigenvalue weighted by Crippen LogP contribution is 2.20. The monoisotopic (exact) mass is 500 g/mol. The molecule has 0 rings (SSSR count). The van der Waals surface area contributed by atoms with E-state index >= 15 is 0 Å². The van der Waals surface area contributed by atoms with Gasteiger partial charge < -0.3 is 30.3 Å². The summed E-state index contributed by atoms with van der Waals surface area (Å²) in [6, 6.07) is 0. The lowest BCUT2D eigenvalue weighted by molar-refractivity contribution is -0.123. The molecule has 0 aliphatic carbocycles. The molecular weight excluding hydrogens is 448 g/mol. The van der Waals surface area contributed by atoms with E-state index in [0.717, 1.165) is 19.3 Å². The lowest BCUT2D eigenvalue weighted by Crippen LogP contribution is -2.38. The Labute approximate surface area is 213 Å². The molecule has 35 heavy (non-hydrogen) atoms. The summed E-state index contributed by atoms with van der Waals surface area (Å²) >= 11 is 0. The Kier molecular flexibility index (Phi) is 18.8. The number of carbonyl (C=O) groups excluding carboxylic acids is 2. The molecule has 2 amide bonds. The Bertz CT molecular complexity index is 580. The zero-order chi connectivity index (χ0) is 26.6. The van der Waals surface area contributed by atoms with Crippen LogP contribution in [0, 0.1) is 10.8 Å². The number of unbranched alkanes of at least 4 members (excludes halogenated alkanes) is 6. The van der Waals surface area contributed by atoms with Crippen LogP contribution in [-0.2, 0) is 19.1 Å². The molecule has 0 aromatic rings. The molecule has 0 aromatic heterocycles. The lowest BCUT2D eigenvalue weighted by atomic mass is 9.93. The highest BCUT2D eigenvalue weighted by atomic mass is 16.5. The van der Waals surface area contributed by atoms with Crippen molar-refractivity contribution in [3.63, 3.8) is 0 Å². The molecule has 0 saturated carbocycles. The van der Waals surface area contributed by atoms with Crippen LogP contribution < -0.4 is 10.6 Å². The molecule has 0 aliphatic heterocycles. The first-order valence-electron chi connectivity index (χ1n) is 13.1. The SMILES string of the molecule is C=CCCCCCCCCC(=O)NCC(C)(C)COCC(C)(C)COCCC(=O)NCC(O)CO. The Morgan fingerprint density at radius 2 is 1.43 bits per heavy atom. The van der Waals surface area contributed by atoms with Crippen LogP contribution >= 0.6 is 0 Å². The van der Waals surface area contributed by atoms with Gasteiger partial charge in [-0.15, -0.1) is 6.58 Å². The van der Waals surface area contributed by atoms with Gasteiger partial charge in [0.25, 0.3) is 0 Å². The molecule has 8 heteroatoms. The van der Waals surface area contributed by atoms with Gasteiger partial charge in [-0.05, 0) is 19.3 Å². The quantitative estimate of drug-likeness (QED) is 0.126. The molecule has 0 saturated heterocycles. The molecule has 0 spiro atoms. The fourth-order valence-corrected chi connectivity index (χ4v) is 3.30. The van der Waals surface area contributed by atoms with Gasteiger partial charge in [0.1, 0.15) is 0 Å². The van der Waals surface area contributed by atoms with Gasteiger partial charge in [-0.1, -0.05) is 59.5 Å². The maximum absolute atomic E-state index is 12.1. The predicted molar refractivity (Wildman–Crippen MR) is 140 cm³/mol. The molecule has 0 heterocycles. The van der Waals surface area contributed by atoms with E-state index in [4.69, 9.17) is 14.6 Å². The molecule has 0 radical (unpaired) electrons. The van der Waals surface area contributed by atoms with Gasteiger partial charge >= 0.3 is 0 Å². The average Bonchev–Trinajstić information content (AvgIpc) is 2.80.